The molecular weight excluding hydrogens is 388 g/mol. The van der Waals surface area contributed by atoms with E-state index in [1.165, 1.54) is 6.08 Å². The molecule has 0 spiro atoms. The molecule has 2 rings (SSSR count). The molecule has 0 fully saturated rings. The molecule has 29 heavy (non-hydrogen) atoms. The monoisotopic (exact) mass is 408 g/mol. The third kappa shape index (κ3) is 7.27. The summed E-state index contributed by atoms with van der Waals surface area (Å²) in [7, 11) is 0. The highest BCUT2D eigenvalue weighted by Crippen LogP contribution is 2.23. The smallest absolute Gasteiger partial charge is 0.338 e. The van der Waals surface area contributed by atoms with Gasteiger partial charge >= 0.3 is 11.9 Å². The number of thioether (sulfide) groups is 1. The highest BCUT2D eigenvalue weighted by Gasteiger charge is 2.07. The predicted octanol–water partition coefficient (Wildman–Crippen LogP) is 4.98. The van der Waals surface area contributed by atoms with Crippen LogP contribution < -0.4 is 9.47 Å². The van der Waals surface area contributed by atoms with Crippen LogP contribution in [0.4, 0.5) is 0 Å². The lowest BCUT2D eigenvalue weighted by molar-refractivity contribution is -0.130. The second-order valence-corrected chi connectivity index (χ2v) is 7.21. The molecule has 6 heteroatoms. The van der Waals surface area contributed by atoms with Crippen molar-refractivity contribution in [2.45, 2.75) is 18.7 Å². The van der Waals surface area contributed by atoms with E-state index in [0.29, 0.717) is 22.6 Å². The molecule has 0 saturated carbocycles. The van der Waals surface area contributed by atoms with Gasteiger partial charge in [-0.3, -0.25) is 4.79 Å². The minimum Gasteiger partial charge on any atom is -0.423 e. The van der Waals surface area contributed by atoms with Gasteiger partial charge in [0.25, 0.3) is 0 Å². The molecular formula is C23H20O5S. The number of benzene rings is 2. The van der Waals surface area contributed by atoms with Gasteiger partial charge in [-0.05, 0) is 73.6 Å². The van der Waals surface area contributed by atoms with Crippen molar-refractivity contribution in [3.05, 3.63) is 84.5 Å². The molecule has 0 bridgehead atoms. The summed E-state index contributed by atoms with van der Waals surface area (Å²) in [5.41, 5.74) is 1.42. The van der Waals surface area contributed by atoms with Crippen LogP contribution >= 0.6 is 11.8 Å². The number of esters is 2. The normalized spacial score (nSPS) is 10.4. The van der Waals surface area contributed by atoms with Gasteiger partial charge in [0.05, 0.1) is 0 Å². The molecule has 0 unspecified atom stereocenters. The Morgan fingerprint density at radius 2 is 1.24 bits per heavy atom. The van der Waals surface area contributed by atoms with E-state index >= 15 is 0 Å². The van der Waals surface area contributed by atoms with Crippen LogP contribution in [0.2, 0.25) is 0 Å². The third-order valence-electron chi connectivity index (χ3n) is 3.45. The lowest BCUT2D eigenvalue weighted by Gasteiger charge is -2.04. The molecule has 0 heterocycles. The van der Waals surface area contributed by atoms with E-state index in [0.717, 1.165) is 22.2 Å². The fraction of sp³-hybridized carbons (Fsp3) is 0.0870. The third-order valence-corrected chi connectivity index (χ3v) is 4.30. The highest BCUT2D eigenvalue weighted by atomic mass is 32.2. The van der Waals surface area contributed by atoms with E-state index in [1.54, 1.807) is 68.5 Å². The van der Waals surface area contributed by atoms with Gasteiger partial charge < -0.3 is 9.47 Å². The fourth-order valence-electron chi connectivity index (χ4n) is 1.93. The molecule has 2 aromatic rings. The summed E-state index contributed by atoms with van der Waals surface area (Å²) in [6.07, 6.45) is 3.12. The predicted molar refractivity (Wildman–Crippen MR) is 114 cm³/mol. The minimum atomic E-state index is -0.496. The van der Waals surface area contributed by atoms with Crippen LogP contribution in [0.3, 0.4) is 0 Å². The molecule has 148 valence electrons. The number of carbonyl (C=O) groups is 3. The van der Waals surface area contributed by atoms with Gasteiger partial charge in [0.2, 0.25) is 5.12 Å². The summed E-state index contributed by atoms with van der Waals surface area (Å²) in [4.78, 5) is 35.8. The van der Waals surface area contributed by atoms with Gasteiger partial charge in [-0.25, -0.2) is 9.59 Å². The molecule has 2 aromatic carbocycles. The van der Waals surface area contributed by atoms with Gasteiger partial charge in [0, 0.05) is 16.0 Å². The lowest BCUT2D eigenvalue weighted by atomic mass is 10.2. The van der Waals surface area contributed by atoms with Crippen molar-refractivity contribution in [1.82, 2.24) is 0 Å². The van der Waals surface area contributed by atoms with Crippen molar-refractivity contribution in [1.29, 1.82) is 0 Å². The maximum absolute atomic E-state index is 12.1. The molecule has 0 N–H and O–H groups in total. The first-order chi connectivity index (χ1) is 13.7. The first-order valence-electron chi connectivity index (χ1n) is 8.60. The molecule has 0 amide bonds. The number of rotatable bonds is 7. The van der Waals surface area contributed by atoms with Crippen molar-refractivity contribution in [3.8, 4) is 11.5 Å². The summed E-state index contributed by atoms with van der Waals surface area (Å²) in [6.45, 7) is 10.2. The first kappa shape index (κ1) is 21.9. The average Bonchev–Trinajstić information content (AvgIpc) is 2.68. The largest absolute Gasteiger partial charge is 0.423 e. The summed E-state index contributed by atoms with van der Waals surface area (Å²) in [6, 6.07) is 13.4. The molecule has 0 aromatic heterocycles. The Morgan fingerprint density at radius 1 is 0.793 bits per heavy atom. The van der Waals surface area contributed by atoms with Crippen molar-refractivity contribution in [2.24, 2.45) is 0 Å². The Balaban J connectivity index is 1.90. The van der Waals surface area contributed by atoms with E-state index in [4.69, 9.17) is 9.47 Å². The summed E-state index contributed by atoms with van der Waals surface area (Å²) >= 11 is 1.05. The molecule has 0 aliphatic carbocycles. The Morgan fingerprint density at radius 3 is 1.69 bits per heavy atom. The van der Waals surface area contributed by atoms with E-state index in [2.05, 4.69) is 13.2 Å². The average molecular weight is 408 g/mol. The number of ether oxygens (including phenoxy) is 2. The van der Waals surface area contributed by atoms with Gasteiger partial charge in [0.1, 0.15) is 11.5 Å². The standard InChI is InChI=1S/C23H20O5S/c1-15(2)22(25)27-18-8-5-17(6-9-18)7-14-21(24)29-20-12-10-19(11-13-20)28-23(26)16(3)4/h5-14H,1,3H2,2,4H3/b14-7+. The summed E-state index contributed by atoms with van der Waals surface area (Å²) < 4.78 is 10.2. The lowest BCUT2D eigenvalue weighted by Crippen LogP contribution is -2.07. The fourth-order valence-corrected chi connectivity index (χ4v) is 2.57. The summed E-state index contributed by atoms with van der Waals surface area (Å²) in [5, 5.41) is -0.158. The van der Waals surface area contributed by atoms with Crippen LogP contribution in [0.1, 0.15) is 19.4 Å². The van der Waals surface area contributed by atoms with Gasteiger partial charge in [-0.1, -0.05) is 31.4 Å². The van der Waals surface area contributed by atoms with E-state index < -0.39 is 11.9 Å². The number of carbonyl (C=O) groups excluding carboxylic acids is 3. The summed E-state index contributed by atoms with van der Waals surface area (Å²) in [5.74, 6) is -0.189. The van der Waals surface area contributed by atoms with Crippen LogP contribution in [0, 0.1) is 0 Å². The highest BCUT2D eigenvalue weighted by molar-refractivity contribution is 8.14. The van der Waals surface area contributed by atoms with Crippen molar-refractivity contribution >= 4 is 34.9 Å². The van der Waals surface area contributed by atoms with Gasteiger partial charge in [-0.15, -0.1) is 0 Å². The SMILES string of the molecule is C=C(C)C(=O)Oc1ccc(/C=C/C(=O)Sc2ccc(OC(=O)C(=C)C)cc2)cc1. The molecule has 0 aliphatic rings. The Kier molecular flexibility index (Phi) is 7.74. The number of hydrogen-bond donors (Lipinski definition) is 0. The maximum Gasteiger partial charge on any atom is 0.338 e. The van der Waals surface area contributed by atoms with Crippen molar-refractivity contribution in [2.75, 3.05) is 0 Å². The zero-order valence-electron chi connectivity index (χ0n) is 16.1. The van der Waals surface area contributed by atoms with Crippen LogP contribution in [0.15, 0.2) is 83.8 Å². The van der Waals surface area contributed by atoms with E-state index in [-0.39, 0.29) is 5.12 Å². The Labute approximate surface area is 173 Å². The zero-order chi connectivity index (χ0) is 21.4. The Bertz CT molecular complexity index is 969. The molecule has 0 saturated heterocycles. The van der Waals surface area contributed by atoms with Crippen molar-refractivity contribution < 1.29 is 23.9 Å². The molecule has 0 radical (unpaired) electrons. The van der Waals surface area contributed by atoms with Crippen LogP contribution in [0.5, 0.6) is 11.5 Å². The van der Waals surface area contributed by atoms with Gasteiger partial charge in [-0.2, -0.15) is 0 Å². The molecule has 0 atom stereocenters. The maximum atomic E-state index is 12.1. The zero-order valence-corrected chi connectivity index (χ0v) is 17.0. The minimum absolute atomic E-state index is 0.158. The first-order valence-corrected chi connectivity index (χ1v) is 9.41. The van der Waals surface area contributed by atoms with E-state index in [9.17, 15) is 14.4 Å². The van der Waals surface area contributed by atoms with Crippen LogP contribution in [-0.2, 0) is 14.4 Å². The van der Waals surface area contributed by atoms with Gasteiger partial charge in [0.15, 0.2) is 0 Å². The van der Waals surface area contributed by atoms with E-state index in [1.807, 2.05) is 0 Å². The topological polar surface area (TPSA) is 69.7 Å². The number of hydrogen-bond acceptors (Lipinski definition) is 6. The van der Waals surface area contributed by atoms with Crippen molar-refractivity contribution in [3.63, 3.8) is 0 Å². The van der Waals surface area contributed by atoms with Crippen LogP contribution in [-0.4, -0.2) is 17.1 Å². The second-order valence-electron chi connectivity index (χ2n) is 6.13. The molecule has 5 nitrogen and oxygen atoms in total. The quantitative estimate of drug-likeness (QED) is 0.278. The van der Waals surface area contributed by atoms with Crippen LogP contribution in [0.25, 0.3) is 6.08 Å². The molecule has 0 aliphatic heterocycles. The Hall–Kier alpha value is -3.38. The second kappa shape index (κ2) is 10.2.